The van der Waals surface area contributed by atoms with E-state index in [9.17, 15) is 4.79 Å². The van der Waals surface area contributed by atoms with E-state index in [0.717, 1.165) is 31.2 Å². The molecule has 130 valence electrons. The minimum atomic E-state index is -0.238. The highest BCUT2D eigenvalue weighted by Gasteiger charge is 2.47. The molecular weight excluding hydrogens is 320 g/mol. The van der Waals surface area contributed by atoms with Crippen LogP contribution in [0.15, 0.2) is 54.6 Å². The fourth-order valence-corrected chi connectivity index (χ4v) is 4.46. The van der Waals surface area contributed by atoms with E-state index < -0.39 is 0 Å². The number of carbonyl (C=O) groups excluding carboxylic acids is 1. The van der Waals surface area contributed by atoms with Crippen LogP contribution in [0.2, 0.25) is 0 Å². The van der Waals surface area contributed by atoms with Gasteiger partial charge < -0.3 is 11.1 Å². The van der Waals surface area contributed by atoms with E-state index in [-0.39, 0.29) is 11.4 Å². The van der Waals surface area contributed by atoms with Crippen molar-refractivity contribution in [2.75, 3.05) is 0 Å². The van der Waals surface area contributed by atoms with Gasteiger partial charge in [0.1, 0.15) is 0 Å². The van der Waals surface area contributed by atoms with Gasteiger partial charge in [-0.25, -0.2) is 0 Å². The smallest absolute Gasteiger partial charge is 0.252 e. The summed E-state index contributed by atoms with van der Waals surface area (Å²) < 4.78 is 0. The van der Waals surface area contributed by atoms with Crippen LogP contribution >= 0.6 is 0 Å². The number of nitrogens with two attached hydrogens (primary N) is 1. The molecule has 0 radical (unpaired) electrons. The average Bonchev–Trinajstić information content (AvgIpc) is 3.33. The van der Waals surface area contributed by atoms with Crippen molar-refractivity contribution in [2.45, 2.75) is 37.8 Å². The SMILES string of the molecule is NCc1ccccc1C(=O)NC1(c2ccc3c4c(cccc24)CC3)CC1. The molecule has 1 amide bonds. The van der Waals surface area contributed by atoms with Crippen LogP contribution in [0.1, 0.15) is 45.5 Å². The molecule has 0 heterocycles. The molecule has 0 bridgehead atoms. The zero-order chi connectivity index (χ0) is 17.7. The lowest BCUT2D eigenvalue weighted by molar-refractivity contribution is 0.0930. The van der Waals surface area contributed by atoms with Crippen LogP contribution < -0.4 is 11.1 Å². The highest BCUT2D eigenvalue weighted by atomic mass is 16.1. The van der Waals surface area contributed by atoms with Crippen molar-refractivity contribution in [1.82, 2.24) is 5.32 Å². The number of aryl methyl sites for hydroxylation is 2. The molecule has 3 N–H and O–H groups in total. The molecule has 0 unspecified atom stereocenters. The van der Waals surface area contributed by atoms with Gasteiger partial charge in [0.15, 0.2) is 0 Å². The predicted molar refractivity (Wildman–Crippen MR) is 104 cm³/mol. The van der Waals surface area contributed by atoms with E-state index in [1.807, 2.05) is 24.3 Å². The van der Waals surface area contributed by atoms with Gasteiger partial charge in [-0.05, 0) is 64.8 Å². The van der Waals surface area contributed by atoms with Gasteiger partial charge in [0.05, 0.1) is 5.54 Å². The van der Waals surface area contributed by atoms with E-state index in [4.69, 9.17) is 5.73 Å². The maximum absolute atomic E-state index is 13.0. The predicted octanol–water partition coefficient (Wildman–Crippen LogP) is 3.82. The maximum Gasteiger partial charge on any atom is 0.252 e. The minimum absolute atomic E-state index is 0.0215. The van der Waals surface area contributed by atoms with Crippen LogP contribution in [0.3, 0.4) is 0 Å². The maximum atomic E-state index is 13.0. The number of amides is 1. The Morgan fingerprint density at radius 2 is 1.73 bits per heavy atom. The molecule has 3 aromatic rings. The normalized spacial score (nSPS) is 16.7. The second-order valence-corrected chi connectivity index (χ2v) is 7.51. The summed E-state index contributed by atoms with van der Waals surface area (Å²) in [5.74, 6) is -0.0215. The van der Waals surface area contributed by atoms with Crippen LogP contribution in [-0.2, 0) is 24.9 Å². The highest BCUT2D eigenvalue weighted by molar-refractivity contribution is 5.98. The molecule has 0 saturated heterocycles. The summed E-state index contributed by atoms with van der Waals surface area (Å²) in [4.78, 5) is 13.0. The first-order chi connectivity index (χ1) is 12.7. The summed E-state index contributed by atoms with van der Waals surface area (Å²) in [6, 6.07) is 18.7. The van der Waals surface area contributed by atoms with Gasteiger partial charge in [-0.1, -0.05) is 48.5 Å². The summed E-state index contributed by atoms with van der Waals surface area (Å²) in [5.41, 5.74) is 11.3. The van der Waals surface area contributed by atoms with Gasteiger partial charge in [-0.15, -0.1) is 0 Å². The van der Waals surface area contributed by atoms with Crippen molar-refractivity contribution < 1.29 is 4.79 Å². The Labute approximate surface area is 153 Å². The lowest BCUT2D eigenvalue weighted by atomic mass is 9.93. The van der Waals surface area contributed by atoms with Crippen molar-refractivity contribution in [3.05, 3.63) is 82.4 Å². The summed E-state index contributed by atoms with van der Waals surface area (Å²) in [6.07, 6.45) is 4.23. The third kappa shape index (κ3) is 2.27. The van der Waals surface area contributed by atoms with Crippen LogP contribution in [0, 0.1) is 0 Å². The van der Waals surface area contributed by atoms with Gasteiger partial charge in [0.2, 0.25) is 0 Å². The Morgan fingerprint density at radius 3 is 2.50 bits per heavy atom. The first-order valence-corrected chi connectivity index (χ1v) is 9.36. The van der Waals surface area contributed by atoms with Crippen molar-refractivity contribution >= 4 is 16.7 Å². The topological polar surface area (TPSA) is 55.1 Å². The summed E-state index contributed by atoms with van der Waals surface area (Å²) in [5, 5.41) is 6.05. The van der Waals surface area contributed by atoms with Gasteiger partial charge in [0, 0.05) is 12.1 Å². The zero-order valence-electron chi connectivity index (χ0n) is 14.7. The minimum Gasteiger partial charge on any atom is -0.342 e. The molecule has 2 aliphatic carbocycles. The van der Waals surface area contributed by atoms with E-state index in [1.165, 1.54) is 27.5 Å². The second-order valence-electron chi connectivity index (χ2n) is 7.51. The number of carbonyl (C=O) groups is 1. The van der Waals surface area contributed by atoms with E-state index in [0.29, 0.717) is 12.1 Å². The Hall–Kier alpha value is -2.65. The van der Waals surface area contributed by atoms with Gasteiger partial charge in [-0.2, -0.15) is 0 Å². The number of nitrogens with one attached hydrogen (secondary N) is 1. The first-order valence-electron chi connectivity index (χ1n) is 9.36. The van der Waals surface area contributed by atoms with Gasteiger partial charge in [-0.3, -0.25) is 4.79 Å². The summed E-state index contributed by atoms with van der Waals surface area (Å²) in [6.45, 7) is 0.373. The lowest BCUT2D eigenvalue weighted by Gasteiger charge is -2.21. The molecular formula is C23H22N2O. The van der Waals surface area contributed by atoms with Crippen molar-refractivity contribution in [3.63, 3.8) is 0 Å². The van der Waals surface area contributed by atoms with Crippen molar-refractivity contribution in [2.24, 2.45) is 5.73 Å². The second kappa shape index (κ2) is 5.68. The number of benzene rings is 3. The molecule has 0 aliphatic heterocycles. The molecule has 0 spiro atoms. The first kappa shape index (κ1) is 15.6. The fraction of sp³-hybridized carbons (Fsp3) is 0.261. The largest absolute Gasteiger partial charge is 0.342 e. The lowest BCUT2D eigenvalue weighted by Crippen LogP contribution is -2.35. The van der Waals surface area contributed by atoms with Crippen LogP contribution in [-0.4, -0.2) is 5.91 Å². The number of hydrogen-bond acceptors (Lipinski definition) is 2. The Bertz CT molecular complexity index is 1020. The molecule has 0 aromatic heterocycles. The molecule has 3 heteroatoms. The molecule has 26 heavy (non-hydrogen) atoms. The molecule has 2 aliphatic rings. The third-order valence-corrected chi connectivity index (χ3v) is 5.98. The van der Waals surface area contributed by atoms with Crippen LogP contribution in [0.4, 0.5) is 0 Å². The Kier molecular flexibility index (Phi) is 3.41. The molecule has 3 aromatic carbocycles. The summed E-state index contributed by atoms with van der Waals surface area (Å²) >= 11 is 0. The third-order valence-electron chi connectivity index (χ3n) is 5.98. The number of rotatable bonds is 4. The van der Waals surface area contributed by atoms with Gasteiger partial charge in [0.25, 0.3) is 5.91 Å². The zero-order valence-corrected chi connectivity index (χ0v) is 14.7. The molecule has 0 atom stereocenters. The highest BCUT2D eigenvalue weighted by Crippen LogP contribution is 2.49. The molecule has 5 rings (SSSR count). The van der Waals surface area contributed by atoms with Crippen LogP contribution in [0.5, 0.6) is 0 Å². The number of hydrogen-bond donors (Lipinski definition) is 2. The Balaban J connectivity index is 1.55. The van der Waals surface area contributed by atoms with Crippen molar-refractivity contribution in [1.29, 1.82) is 0 Å². The van der Waals surface area contributed by atoms with Crippen molar-refractivity contribution in [3.8, 4) is 0 Å². The molecule has 3 nitrogen and oxygen atoms in total. The Morgan fingerprint density at radius 1 is 0.962 bits per heavy atom. The quantitative estimate of drug-likeness (QED) is 0.757. The van der Waals surface area contributed by atoms with Crippen LogP contribution in [0.25, 0.3) is 10.8 Å². The van der Waals surface area contributed by atoms with E-state index >= 15 is 0 Å². The van der Waals surface area contributed by atoms with Gasteiger partial charge >= 0.3 is 0 Å². The monoisotopic (exact) mass is 342 g/mol. The molecule has 1 saturated carbocycles. The standard InChI is InChI=1S/C23H22N2O/c24-14-17-4-1-2-6-18(17)22(26)25-23(12-13-23)20-11-10-16-9-8-15-5-3-7-19(20)21(15)16/h1-7,10-11H,8-9,12-14,24H2,(H,25,26). The average molecular weight is 342 g/mol. The van der Waals surface area contributed by atoms with E-state index in [1.54, 1.807) is 0 Å². The summed E-state index contributed by atoms with van der Waals surface area (Å²) in [7, 11) is 0. The fourth-order valence-electron chi connectivity index (χ4n) is 4.46. The van der Waals surface area contributed by atoms with E-state index in [2.05, 4.69) is 35.6 Å². The molecule has 1 fully saturated rings.